The number of hydrogen-bond donors (Lipinski definition) is 0. The summed E-state index contributed by atoms with van der Waals surface area (Å²) in [7, 11) is 1.70. The summed E-state index contributed by atoms with van der Waals surface area (Å²) in [6.45, 7) is 0. The van der Waals surface area contributed by atoms with Crippen LogP contribution < -0.4 is 4.74 Å². The van der Waals surface area contributed by atoms with Crippen molar-refractivity contribution in [1.29, 1.82) is 0 Å². The molecule has 0 bridgehead atoms. The lowest BCUT2D eigenvalue weighted by atomic mass is 10.2. The molecule has 0 N–H and O–H groups in total. The van der Waals surface area contributed by atoms with Gasteiger partial charge in [-0.25, -0.2) is 0 Å². The van der Waals surface area contributed by atoms with Crippen molar-refractivity contribution < 1.29 is 4.74 Å². The second-order valence-electron chi connectivity index (χ2n) is 2.64. The third kappa shape index (κ3) is 3.49. The van der Waals surface area contributed by atoms with Crippen LogP contribution in [0, 0.1) is 0 Å². The van der Waals surface area contributed by atoms with Gasteiger partial charge in [0, 0.05) is 0 Å². The Bertz CT molecular complexity index is 222. The maximum Gasteiger partial charge on any atom is 0.464 e. The molecule has 1 aromatic carbocycles. The molecule has 0 atom stereocenters. The van der Waals surface area contributed by atoms with Gasteiger partial charge in [-0.1, -0.05) is 12.1 Å². The third-order valence-corrected chi connectivity index (χ3v) is 4.67. The van der Waals surface area contributed by atoms with E-state index >= 15 is 0 Å². The second kappa shape index (κ2) is 6.04. The van der Waals surface area contributed by atoms with Gasteiger partial charge in [0.2, 0.25) is 0 Å². The Morgan fingerprint density at radius 1 is 1.33 bits per heavy atom. The van der Waals surface area contributed by atoms with Gasteiger partial charge in [0.1, 0.15) is 5.75 Å². The molecule has 0 amide bonds. The van der Waals surface area contributed by atoms with Crippen LogP contribution in [0.25, 0.3) is 0 Å². The standard InChI is InChI=1S/C9H11O.HI.Mg/c1-3-8-4-6-9(10-2)7-5-8;;/h4-7H,1,3H2,2H3;1H;/q;;+1/p-1. The van der Waals surface area contributed by atoms with Crippen LogP contribution in [0.15, 0.2) is 24.3 Å². The summed E-state index contributed by atoms with van der Waals surface area (Å²) in [5.74, 6) is 0.950. The van der Waals surface area contributed by atoms with E-state index in [1.807, 2.05) is 12.1 Å². The van der Waals surface area contributed by atoms with Crippen molar-refractivity contribution in [3.05, 3.63) is 29.8 Å². The molecule has 1 nitrogen and oxygen atoms in total. The molecule has 0 aromatic heterocycles. The molecule has 0 heterocycles. The molecule has 1 rings (SSSR count). The molecule has 0 fully saturated rings. The Morgan fingerprint density at radius 3 is 2.50 bits per heavy atom. The highest BCUT2D eigenvalue weighted by Gasteiger charge is 1.94. The highest BCUT2D eigenvalue weighted by atomic mass is 127. The Morgan fingerprint density at radius 2 is 2.00 bits per heavy atom. The molecule has 0 saturated heterocycles. The average Bonchev–Trinajstić information content (AvgIpc) is 2.15. The third-order valence-electron chi connectivity index (χ3n) is 1.76. The van der Waals surface area contributed by atoms with Crippen molar-refractivity contribution in [3.63, 3.8) is 0 Å². The summed E-state index contributed by atoms with van der Waals surface area (Å²) < 4.78 is 6.48. The van der Waals surface area contributed by atoms with Crippen LogP contribution in [0.2, 0.25) is 4.55 Å². The maximum absolute atomic E-state index is 5.08. The number of halogens is 1. The average molecular weight is 286 g/mol. The van der Waals surface area contributed by atoms with Crippen LogP contribution in [0.4, 0.5) is 0 Å². The molecule has 0 aliphatic rings. The molecule has 1 aromatic rings. The van der Waals surface area contributed by atoms with Gasteiger partial charge in [-0.05, 0) is 24.1 Å². The summed E-state index contributed by atoms with van der Waals surface area (Å²) in [5, 5.41) is 0. The quantitative estimate of drug-likeness (QED) is 0.611. The summed E-state index contributed by atoms with van der Waals surface area (Å²) in [5.41, 5.74) is 1.43. The van der Waals surface area contributed by atoms with Crippen LogP contribution in [0.3, 0.4) is 0 Å². The Kier molecular flexibility index (Phi) is 5.34. The highest BCUT2D eigenvalue weighted by Crippen LogP contribution is 2.12. The topological polar surface area (TPSA) is 9.23 Å². The normalized spacial score (nSPS) is 9.17. The molecule has 12 heavy (non-hydrogen) atoms. The number of ether oxygens (including phenoxy) is 1. The first-order valence-corrected chi connectivity index (χ1v) is 10.2. The lowest BCUT2D eigenvalue weighted by molar-refractivity contribution is 0.414. The zero-order chi connectivity index (χ0) is 8.81. The van der Waals surface area contributed by atoms with E-state index in [0.29, 0.717) is 0 Å². The minimum Gasteiger partial charge on any atom is -0.497 e. The molecular formula is C9H11IMgO. The van der Waals surface area contributed by atoms with Gasteiger partial charge in [-0.2, -0.15) is 0 Å². The van der Waals surface area contributed by atoms with Gasteiger partial charge < -0.3 is 23.6 Å². The Balaban J connectivity index is 2.53. The van der Waals surface area contributed by atoms with Crippen molar-refractivity contribution in [3.8, 4) is 5.75 Å². The molecule has 3 heteroatoms. The lowest BCUT2D eigenvalue weighted by Gasteiger charge is -2.01. The zero-order valence-electron chi connectivity index (χ0n) is 7.22. The fourth-order valence-electron chi connectivity index (χ4n) is 1.06. The van der Waals surface area contributed by atoms with Crippen LogP contribution in [0.1, 0.15) is 5.56 Å². The predicted octanol–water partition coefficient (Wildman–Crippen LogP) is 2.71. The fourth-order valence-corrected chi connectivity index (χ4v) is 2.75. The van der Waals surface area contributed by atoms with E-state index < -0.39 is 0 Å². The van der Waals surface area contributed by atoms with E-state index in [1.54, 1.807) is 7.11 Å². The summed E-state index contributed by atoms with van der Waals surface area (Å²) in [4.78, 5) is 0. The van der Waals surface area contributed by atoms with Crippen molar-refractivity contribution in [1.82, 2.24) is 0 Å². The minimum atomic E-state index is 0.194. The van der Waals surface area contributed by atoms with Crippen molar-refractivity contribution >= 4 is 35.3 Å². The van der Waals surface area contributed by atoms with Crippen molar-refractivity contribution in [2.24, 2.45) is 0 Å². The van der Waals surface area contributed by atoms with Crippen LogP contribution >= 0.6 is 18.9 Å². The first-order valence-electron chi connectivity index (χ1n) is 4.05. The van der Waals surface area contributed by atoms with E-state index in [4.69, 9.17) is 4.74 Å². The monoisotopic (exact) mass is 286 g/mol. The number of aryl methyl sites for hydroxylation is 1. The molecule has 62 valence electrons. The molecule has 0 spiro atoms. The zero-order valence-corrected chi connectivity index (χ0v) is 10.8. The van der Waals surface area contributed by atoms with Crippen LogP contribution in [-0.4, -0.2) is 23.6 Å². The van der Waals surface area contributed by atoms with Gasteiger partial charge in [0.25, 0.3) is 0 Å². The SMILES string of the molecule is COc1ccc(C[CH2][Mg][I])cc1. The molecule has 0 aliphatic heterocycles. The van der Waals surface area contributed by atoms with Crippen LogP contribution in [-0.2, 0) is 6.42 Å². The number of hydrogen-bond acceptors (Lipinski definition) is 1. The van der Waals surface area contributed by atoms with Gasteiger partial charge in [-0.3, -0.25) is 0 Å². The first kappa shape index (κ1) is 10.6. The maximum atomic E-state index is 5.08. The number of methoxy groups -OCH3 is 1. The molecule has 0 radical (unpaired) electrons. The number of benzene rings is 1. The lowest BCUT2D eigenvalue weighted by Crippen LogP contribution is -1.87. The van der Waals surface area contributed by atoms with E-state index in [-0.39, 0.29) is 16.5 Å². The van der Waals surface area contributed by atoms with Crippen molar-refractivity contribution in [2.75, 3.05) is 7.11 Å². The largest absolute Gasteiger partial charge is 0.497 e. The van der Waals surface area contributed by atoms with Gasteiger partial charge >= 0.3 is 16.5 Å². The Hall–Kier alpha value is 0.516. The van der Waals surface area contributed by atoms with E-state index in [9.17, 15) is 0 Å². The molecule has 0 aliphatic carbocycles. The summed E-state index contributed by atoms with van der Waals surface area (Å²) >= 11 is 2.74. The predicted molar refractivity (Wildman–Crippen MR) is 61.3 cm³/mol. The smallest absolute Gasteiger partial charge is 0.464 e. The summed E-state index contributed by atoms with van der Waals surface area (Å²) in [6, 6.07) is 8.37. The fraction of sp³-hybridized carbons (Fsp3) is 0.333. The first-order chi connectivity index (χ1) is 5.86. The van der Waals surface area contributed by atoms with E-state index in [0.717, 1.165) is 5.75 Å². The van der Waals surface area contributed by atoms with Crippen LogP contribution in [0.5, 0.6) is 5.75 Å². The molecule has 0 saturated carbocycles. The van der Waals surface area contributed by atoms with E-state index in [1.165, 1.54) is 16.5 Å². The minimum absolute atomic E-state index is 0.194. The Labute approximate surface area is 93.0 Å². The molecular weight excluding hydrogens is 275 g/mol. The molecule has 0 unspecified atom stereocenters. The number of rotatable bonds is 4. The second-order valence-corrected chi connectivity index (χ2v) is 6.96. The van der Waals surface area contributed by atoms with Gasteiger partial charge in [-0.15, -0.1) is 4.55 Å². The van der Waals surface area contributed by atoms with Gasteiger partial charge in [0.05, 0.1) is 7.11 Å². The highest BCUT2D eigenvalue weighted by molar-refractivity contribution is 14.1. The van der Waals surface area contributed by atoms with Gasteiger partial charge in [0.15, 0.2) is 0 Å². The van der Waals surface area contributed by atoms with Crippen molar-refractivity contribution in [2.45, 2.75) is 11.0 Å². The summed E-state index contributed by atoms with van der Waals surface area (Å²) in [6.07, 6.45) is 1.24. The van der Waals surface area contributed by atoms with E-state index in [2.05, 4.69) is 31.0 Å².